The molecule has 0 spiro atoms. The number of rotatable bonds is 5. The fraction of sp³-hybridized carbons (Fsp3) is 0.261. The minimum Gasteiger partial charge on any atom is -0.480 e. The molecular formula is C23H22N4O3. The number of carboxylic acids is 1. The van der Waals surface area contributed by atoms with Gasteiger partial charge in [-0.2, -0.15) is 5.26 Å². The van der Waals surface area contributed by atoms with Crippen molar-refractivity contribution in [2.45, 2.75) is 32.9 Å². The fourth-order valence-electron chi connectivity index (χ4n) is 4.29. The molecule has 7 nitrogen and oxygen atoms in total. The molecule has 7 heteroatoms. The van der Waals surface area contributed by atoms with Crippen molar-refractivity contribution < 1.29 is 9.90 Å². The van der Waals surface area contributed by atoms with E-state index < -0.39 is 12.0 Å². The van der Waals surface area contributed by atoms with Crippen LogP contribution in [0.25, 0.3) is 21.9 Å². The summed E-state index contributed by atoms with van der Waals surface area (Å²) < 4.78 is 4.93. The number of nitriles is 1. The third kappa shape index (κ3) is 2.89. The van der Waals surface area contributed by atoms with Gasteiger partial charge in [0.2, 0.25) is 0 Å². The van der Waals surface area contributed by atoms with Crippen LogP contribution in [0.5, 0.6) is 0 Å². The lowest BCUT2D eigenvalue weighted by atomic mass is 10.1. The van der Waals surface area contributed by atoms with E-state index in [1.165, 1.54) is 4.57 Å². The van der Waals surface area contributed by atoms with Crippen molar-refractivity contribution in [1.82, 2.24) is 13.7 Å². The Morgan fingerprint density at radius 2 is 1.97 bits per heavy atom. The Kier molecular flexibility index (Phi) is 4.70. The molecule has 2 aromatic carbocycles. The molecule has 1 N–H and O–H groups in total. The molecule has 2 heterocycles. The van der Waals surface area contributed by atoms with E-state index in [-0.39, 0.29) is 12.1 Å². The molecular weight excluding hydrogens is 380 g/mol. The molecule has 0 aliphatic rings. The van der Waals surface area contributed by atoms with Crippen molar-refractivity contribution in [3.8, 4) is 6.07 Å². The molecule has 0 aliphatic carbocycles. The Morgan fingerprint density at radius 3 is 2.63 bits per heavy atom. The van der Waals surface area contributed by atoms with Gasteiger partial charge in [0.15, 0.2) is 0 Å². The van der Waals surface area contributed by atoms with Gasteiger partial charge in [-0.3, -0.25) is 9.13 Å². The third-order valence-electron chi connectivity index (χ3n) is 5.71. The molecule has 0 bridgehead atoms. The highest BCUT2D eigenvalue weighted by atomic mass is 16.4. The quantitative estimate of drug-likeness (QED) is 0.552. The van der Waals surface area contributed by atoms with E-state index in [2.05, 4.69) is 6.07 Å². The van der Waals surface area contributed by atoms with Gasteiger partial charge < -0.3 is 9.67 Å². The maximum atomic E-state index is 13.4. The molecule has 2 aromatic heterocycles. The van der Waals surface area contributed by atoms with Crippen molar-refractivity contribution in [3.05, 3.63) is 69.8 Å². The molecule has 0 radical (unpaired) electrons. The first-order valence-electron chi connectivity index (χ1n) is 9.78. The van der Waals surface area contributed by atoms with Crippen LogP contribution in [0.3, 0.4) is 0 Å². The minimum absolute atomic E-state index is 0.262. The topological polar surface area (TPSA) is 92.9 Å². The number of aliphatic carboxylic acids is 1. The van der Waals surface area contributed by atoms with Crippen LogP contribution in [0.2, 0.25) is 0 Å². The number of hydrogen-bond donors (Lipinski definition) is 1. The summed E-state index contributed by atoms with van der Waals surface area (Å²) in [6.07, 6.45) is 2.27. The summed E-state index contributed by atoms with van der Waals surface area (Å²) in [6.45, 7) is 4.08. The van der Waals surface area contributed by atoms with Crippen LogP contribution in [0.15, 0.2) is 47.4 Å². The summed E-state index contributed by atoms with van der Waals surface area (Å²) in [5, 5.41) is 20.1. The SMILES string of the molecule is CC[C@@H](C(=O)O)n1c(=O)n(Cc2cn(C)c3cccc(C)c23)c2ccc(C#N)cc21. The van der Waals surface area contributed by atoms with Crippen LogP contribution in [0.4, 0.5) is 0 Å². The van der Waals surface area contributed by atoms with Crippen LogP contribution in [-0.2, 0) is 18.4 Å². The van der Waals surface area contributed by atoms with E-state index in [0.717, 1.165) is 22.0 Å². The number of carbonyl (C=O) groups is 1. The van der Waals surface area contributed by atoms with Crippen LogP contribution in [0, 0.1) is 18.3 Å². The summed E-state index contributed by atoms with van der Waals surface area (Å²) in [5.74, 6) is -1.07. The average molecular weight is 402 g/mol. The van der Waals surface area contributed by atoms with Gasteiger partial charge in [0.05, 0.1) is 29.2 Å². The lowest BCUT2D eigenvalue weighted by Gasteiger charge is -2.11. The van der Waals surface area contributed by atoms with Gasteiger partial charge in [0.1, 0.15) is 6.04 Å². The van der Waals surface area contributed by atoms with Gasteiger partial charge in [-0.05, 0) is 48.7 Å². The summed E-state index contributed by atoms with van der Waals surface area (Å²) in [4.78, 5) is 25.2. The average Bonchev–Trinajstić information content (AvgIpc) is 3.18. The highest BCUT2D eigenvalue weighted by Crippen LogP contribution is 2.27. The molecule has 0 saturated carbocycles. The van der Waals surface area contributed by atoms with E-state index in [1.807, 2.05) is 42.9 Å². The number of benzene rings is 2. The van der Waals surface area contributed by atoms with Gasteiger partial charge in [-0.1, -0.05) is 19.1 Å². The predicted octanol–water partition coefficient (Wildman–Crippen LogP) is 3.56. The molecule has 30 heavy (non-hydrogen) atoms. The van der Waals surface area contributed by atoms with E-state index in [0.29, 0.717) is 23.1 Å². The Morgan fingerprint density at radius 1 is 1.20 bits per heavy atom. The Hall–Kier alpha value is -3.79. The summed E-state index contributed by atoms with van der Waals surface area (Å²) in [7, 11) is 1.97. The van der Waals surface area contributed by atoms with Gasteiger partial charge in [-0.25, -0.2) is 9.59 Å². The number of nitrogens with zero attached hydrogens (tertiary/aromatic N) is 4. The van der Waals surface area contributed by atoms with Crippen molar-refractivity contribution in [3.63, 3.8) is 0 Å². The van der Waals surface area contributed by atoms with Gasteiger partial charge in [-0.15, -0.1) is 0 Å². The second-order valence-corrected chi connectivity index (χ2v) is 7.55. The maximum Gasteiger partial charge on any atom is 0.330 e. The highest BCUT2D eigenvalue weighted by Gasteiger charge is 2.25. The Balaban J connectivity index is 1.99. The fourth-order valence-corrected chi connectivity index (χ4v) is 4.29. The standard InChI is InChI=1S/C23H22N4O3/c1-4-17(22(28)29)27-20-10-15(11-24)8-9-18(20)26(23(27)30)13-16-12-25(3)19-7-5-6-14(2)21(16)19/h5-10,12,17H,4,13H2,1-3H3,(H,28,29)/t17-/m0/s1. The van der Waals surface area contributed by atoms with Crippen molar-refractivity contribution in [1.29, 1.82) is 5.26 Å². The smallest absolute Gasteiger partial charge is 0.330 e. The monoisotopic (exact) mass is 402 g/mol. The number of imidazole rings is 1. The van der Waals surface area contributed by atoms with E-state index in [9.17, 15) is 20.0 Å². The zero-order valence-corrected chi connectivity index (χ0v) is 17.1. The van der Waals surface area contributed by atoms with Gasteiger partial charge >= 0.3 is 11.7 Å². The first-order valence-corrected chi connectivity index (χ1v) is 9.78. The highest BCUT2D eigenvalue weighted by molar-refractivity contribution is 5.87. The van der Waals surface area contributed by atoms with Crippen LogP contribution < -0.4 is 5.69 Å². The summed E-state index contributed by atoms with van der Waals surface area (Å²) in [6, 6.07) is 12.1. The predicted molar refractivity (Wildman–Crippen MR) is 115 cm³/mol. The molecule has 0 saturated heterocycles. The third-order valence-corrected chi connectivity index (χ3v) is 5.71. The van der Waals surface area contributed by atoms with Crippen LogP contribution in [0.1, 0.15) is 36.1 Å². The zero-order valence-electron chi connectivity index (χ0n) is 17.1. The number of fused-ring (bicyclic) bond motifs is 2. The zero-order chi connectivity index (χ0) is 21.6. The molecule has 0 unspecified atom stereocenters. The van der Waals surface area contributed by atoms with Crippen LogP contribution >= 0.6 is 0 Å². The largest absolute Gasteiger partial charge is 0.480 e. The van der Waals surface area contributed by atoms with Crippen molar-refractivity contribution >= 4 is 27.9 Å². The number of carboxylic acid groups (broad SMARTS) is 1. The summed E-state index contributed by atoms with van der Waals surface area (Å²) in [5.41, 5.74) is 4.25. The molecule has 4 aromatic rings. The lowest BCUT2D eigenvalue weighted by molar-refractivity contribution is -0.141. The number of aryl methyl sites for hydroxylation is 2. The number of aromatic nitrogens is 3. The van der Waals surface area contributed by atoms with Gasteiger partial charge in [0, 0.05) is 24.1 Å². The van der Waals surface area contributed by atoms with Crippen molar-refractivity contribution in [2.75, 3.05) is 0 Å². The van der Waals surface area contributed by atoms with Crippen molar-refractivity contribution in [2.24, 2.45) is 7.05 Å². The second kappa shape index (κ2) is 7.23. The summed E-state index contributed by atoms with van der Waals surface area (Å²) >= 11 is 0. The van der Waals surface area contributed by atoms with Crippen LogP contribution in [-0.4, -0.2) is 24.8 Å². The number of hydrogen-bond acceptors (Lipinski definition) is 3. The lowest BCUT2D eigenvalue weighted by Crippen LogP contribution is -2.31. The molecule has 1 atom stereocenters. The van der Waals surface area contributed by atoms with E-state index >= 15 is 0 Å². The van der Waals surface area contributed by atoms with E-state index in [4.69, 9.17) is 0 Å². The Bertz CT molecular complexity index is 1400. The first kappa shape index (κ1) is 19.5. The minimum atomic E-state index is -1.07. The van der Waals surface area contributed by atoms with Gasteiger partial charge in [0.25, 0.3) is 0 Å². The maximum absolute atomic E-state index is 13.4. The first-order chi connectivity index (χ1) is 14.4. The Labute approximate surface area is 173 Å². The molecule has 152 valence electrons. The second-order valence-electron chi connectivity index (χ2n) is 7.55. The molecule has 0 amide bonds. The normalized spacial score (nSPS) is 12.3. The molecule has 0 fully saturated rings. The molecule has 4 rings (SSSR count). The molecule has 0 aliphatic heterocycles. The van der Waals surface area contributed by atoms with E-state index in [1.54, 1.807) is 29.7 Å².